The largest absolute Gasteiger partial charge is 0.367 e. The first kappa shape index (κ1) is 21.1. The molecule has 3 rings (SSSR count). The summed E-state index contributed by atoms with van der Waals surface area (Å²) in [4.78, 5) is 28.3. The molecule has 1 heterocycles. The van der Waals surface area contributed by atoms with Gasteiger partial charge in [0.15, 0.2) is 0 Å². The molecule has 2 aromatic rings. The van der Waals surface area contributed by atoms with Crippen LogP contribution in [0.15, 0.2) is 60.7 Å². The van der Waals surface area contributed by atoms with Crippen LogP contribution in [-0.4, -0.2) is 41.5 Å². The van der Waals surface area contributed by atoms with Crippen LogP contribution in [0, 0.1) is 0 Å². The van der Waals surface area contributed by atoms with Crippen molar-refractivity contribution in [2.75, 3.05) is 6.54 Å². The molecule has 0 radical (unpaired) electrons. The van der Waals surface area contributed by atoms with Crippen molar-refractivity contribution in [3.8, 4) is 0 Å². The normalized spacial score (nSPS) is 18.7. The minimum absolute atomic E-state index is 0.0128. The van der Waals surface area contributed by atoms with E-state index in [1.54, 1.807) is 17.0 Å². The summed E-state index contributed by atoms with van der Waals surface area (Å²) < 4.78 is 5.81. The Morgan fingerprint density at radius 3 is 2.28 bits per heavy atom. The molecular weight excluding hydrogens is 364 g/mol. The third-order valence-corrected chi connectivity index (χ3v) is 5.25. The molecule has 154 valence electrons. The van der Waals surface area contributed by atoms with Crippen LogP contribution in [0.1, 0.15) is 49.0 Å². The molecule has 0 spiro atoms. The van der Waals surface area contributed by atoms with Crippen LogP contribution >= 0.6 is 0 Å². The smallest absolute Gasteiger partial charge is 0.254 e. The highest BCUT2D eigenvalue weighted by Crippen LogP contribution is 2.32. The number of hydrogen-bond donors (Lipinski definition) is 1. The first-order valence-corrected chi connectivity index (χ1v) is 10.5. The second-order valence-corrected chi connectivity index (χ2v) is 7.42. The highest BCUT2D eigenvalue weighted by molar-refractivity contribution is 5.98. The van der Waals surface area contributed by atoms with Gasteiger partial charge in [-0.3, -0.25) is 9.59 Å². The number of carbonyl (C=O) groups is 2. The van der Waals surface area contributed by atoms with Gasteiger partial charge < -0.3 is 15.0 Å². The van der Waals surface area contributed by atoms with Crippen LogP contribution in [0.3, 0.4) is 0 Å². The SMILES string of the molecule is CCCCNC(=O)C([C@H]1O[C@@H]1CC)N(Cc1ccccc1)C(=O)c1ccccc1. The number of benzene rings is 2. The summed E-state index contributed by atoms with van der Waals surface area (Å²) in [6, 6.07) is 18.3. The Morgan fingerprint density at radius 1 is 1.03 bits per heavy atom. The Balaban J connectivity index is 1.91. The van der Waals surface area contributed by atoms with Crippen LogP contribution in [0.25, 0.3) is 0 Å². The van der Waals surface area contributed by atoms with Crippen LogP contribution < -0.4 is 5.32 Å². The van der Waals surface area contributed by atoms with Gasteiger partial charge in [0, 0.05) is 18.7 Å². The van der Waals surface area contributed by atoms with E-state index in [2.05, 4.69) is 12.2 Å². The van der Waals surface area contributed by atoms with Crippen molar-refractivity contribution in [2.45, 2.75) is 57.9 Å². The van der Waals surface area contributed by atoms with E-state index in [-0.39, 0.29) is 24.0 Å². The maximum Gasteiger partial charge on any atom is 0.254 e. The molecule has 1 aliphatic heterocycles. The molecule has 3 atom stereocenters. The summed E-state index contributed by atoms with van der Waals surface area (Å²) in [5.41, 5.74) is 1.56. The van der Waals surface area contributed by atoms with E-state index in [1.165, 1.54) is 0 Å². The zero-order valence-corrected chi connectivity index (χ0v) is 17.2. The second kappa shape index (κ2) is 10.2. The Labute approximate surface area is 173 Å². The molecule has 0 aromatic heterocycles. The molecule has 0 bridgehead atoms. The molecule has 1 saturated heterocycles. The number of unbranched alkanes of at least 4 members (excludes halogenated alkanes) is 1. The van der Waals surface area contributed by atoms with E-state index in [9.17, 15) is 9.59 Å². The molecule has 1 aliphatic rings. The lowest BCUT2D eigenvalue weighted by Crippen LogP contribution is -2.52. The molecule has 1 N–H and O–H groups in total. The first-order valence-electron chi connectivity index (χ1n) is 10.5. The minimum atomic E-state index is -0.648. The average molecular weight is 395 g/mol. The standard InChI is InChI=1S/C24H30N2O3/c1-3-5-16-25-23(27)21(22-20(4-2)29-22)26(17-18-12-8-6-9-13-18)24(28)19-14-10-7-11-15-19/h6-15,20-22H,3-5,16-17H2,1-2H3,(H,25,27)/t20-,21?,22+/m1/s1. The van der Waals surface area contributed by atoms with Crippen molar-refractivity contribution >= 4 is 11.8 Å². The highest BCUT2D eigenvalue weighted by atomic mass is 16.6. The van der Waals surface area contributed by atoms with Crippen molar-refractivity contribution < 1.29 is 14.3 Å². The predicted octanol–water partition coefficient (Wildman–Crippen LogP) is 3.79. The summed E-state index contributed by atoms with van der Waals surface area (Å²) in [6.07, 6.45) is 2.48. The molecule has 0 saturated carbocycles. The maximum atomic E-state index is 13.4. The van der Waals surface area contributed by atoms with Crippen LogP contribution in [0.4, 0.5) is 0 Å². The number of nitrogens with one attached hydrogen (secondary N) is 1. The molecule has 29 heavy (non-hydrogen) atoms. The lowest BCUT2D eigenvalue weighted by molar-refractivity contribution is -0.126. The number of amides is 2. The Kier molecular flexibility index (Phi) is 7.42. The quantitative estimate of drug-likeness (QED) is 0.493. The summed E-state index contributed by atoms with van der Waals surface area (Å²) in [5, 5.41) is 3.01. The Bertz CT molecular complexity index is 794. The molecular formula is C24H30N2O3. The fourth-order valence-electron chi connectivity index (χ4n) is 3.55. The van der Waals surface area contributed by atoms with E-state index in [0.29, 0.717) is 18.7 Å². The van der Waals surface area contributed by atoms with E-state index in [0.717, 1.165) is 24.8 Å². The van der Waals surface area contributed by atoms with Gasteiger partial charge in [0.25, 0.3) is 5.91 Å². The molecule has 2 amide bonds. The van der Waals surface area contributed by atoms with Gasteiger partial charge >= 0.3 is 0 Å². The first-order chi connectivity index (χ1) is 14.2. The van der Waals surface area contributed by atoms with Crippen molar-refractivity contribution in [3.63, 3.8) is 0 Å². The highest BCUT2D eigenvalue weighted by Gasteiger charge is 2.50. The maximum absolute atomic E-state index is 13.4. The van der Waals surface area contributed by atoms with Gasteiger partial charge in [-0.15, -0.1) is 0 Å². The molecule has 1 unspecified atom stereocenters. The number of carbonyl (C=O) groups excluding carboxylic acids is 2. The van der Waals surface area contributed by atoms with E-state index in [1.807, 2.05) is 55.5 Å². The van der Waals surface area contributed by atoms with Crippen LogP contribution in [0.5, 0.6) is 0 Å². The van der Waals surface area contributed by atoms with Gasteiger partial charge in [-0.05, 0) is 30.5 Å². The number of nitrogens with zero attached hydrogens (tertiary/aromatic N) is 1. The van der Waals surface area contributed by atoms with Crippen molar-refractivity contribution in [2.24, 2.45) is 0 Å². The summed E-state index contributed by atoms with van der Waals surface area (Å²) in [5.74, 6) is -0.296. The number of ether oxygens (including phenoxy) is 1. The number of epoxide rings is 1. The van der Waals surface area contributed by atoms with E-state index >= 15 is 0 Å². The summed E-state index contributed by atoms with van der Waals surface area (Å²) >= 11 is 0. The lowest BCUT2D eigenvalue weighted by atomic mass is 10.0. The van der Waals surface area contributed by atoms with Gasteiger partial charge in [0.2, 0.25) is 5.91 Å². The summed E-state index contributed by atoms with van der Waals surface area (Å²) in [7, 11) is 0. The monoisotopic (exact) mass is 394 g/mol. The van der Waals surface area contributed by atoms with E-state index < -0.39 is 6.04 Å². The predicted molar refractivity (Wildman–Crippen MR) is 113 cm³/mol. The zero-order valence-electron chi connectivity index (χ0n) is 17.2. The van der Waals surface area contributed by atoms with Gasteiger partial charge in [0.1, 0.15) is 12.1 Å². The third kappa shape index (κ3) is 5.45. The number of hydrogen-bond acceptors (Lipinski definition) is 3. The van der Waals surface area contributed by atoms with E-state index in [4.69, 9.17) is 4.74 Å². The third-order valence-electron chi connectivity index (χ3n) is 5.25. The Morgan fingerprint density at radius 2 is 1.69 bits per heavy atom. The fourth-order valence-corrected chi connectivity index (χ4v) is 3.55. The zero-order chi connectivity index (χ0) is 20.6. The topological polar surface area (TPSA) is 61.9 Å². The van der Waals surface area contributed by atoms with Gasteiger partial charge in [-0.25, -0.2) is 0 Å². The minimum Gasteiger partial charge on any atom is -0.367 e. The second-order valence-electron chi connectivity index (χ2n) is 7.42. The Hall–Kier alpha value is -2.66. The molecule has 5 nitrogen and oxygen atoms in total. The van der Waals surface area contributed by atoms with Gasteiger partial charge in [-0.1, -0.05) is 68.8 Å². The van der Waals surface area contributed by atoms with Gasteiger partial charge in [0.05, 0.1) is 6.10 Å². The number of rotatable bonds is 10. The lowest BCUT2D eigenvalue weighted by Gasteiger charge is -2.30. The molecule has 5 heteroatoms. The van der Waals surface area contributed by atoms with Crippen molar-refractivity contribution in [1.82, 2.24) is 10.2 Å². The van der Waals surface area contributed by atoms with Crippen LogP contribution in [0.2, 0.25) is 0 Å². The molecule has 2 aromatic carbocycles. The van der Waals surface area contributed by atoms with Crippen molar-refractivity contribution in [1.29, 1.82) is 0 Å². The van der Waals surface area contributed by atoms with Crippen LogP contribution in [-0.2, 0) is 16.1 Å². The van der Waals surface area contributed by atoms with Gasteiger partial charge in [-0.2, -0.15) is 0 Å². The average Bonchev–Trinajstić information content (AvgIpc) is 3.53. The molecule has 1 fully saturated rings. The molecule has 0 aliphatic carbocycles. The fraction of sp³-hybridized carbons (Fsp3) is 0.417. The summed E-state index contributed by atoms with van der Waals surface area (Å²) in [6.45, 7) is 5.09. The van der Waals surface area contributed by atoms with Crippen molar-refractivity contribution in [3.05, 3.63) is 71.8 Å².